The van der Waals surface area contributed by atoms with E-state index in [0.717, 1.165) is 11.8 Å². The molecule has 4 heterocycles. The summed E-state index contributed by atoms with van der Waals surface area (Å²) in [5.74, 6) is 11.1. The van der Waals surface area contributed by atoms with Gasteiger partial charge >= 0.3 is 5.97 Å². The van der Waals surface area contributed by atoms with E-state index in [1.165, 1.54) is 71.8 Å². The maximum Gasteiger partial charge on any atom is 0.310 e. The van der Waals surface area contributed by atoms with Crippen molar-refractivity contribution in [3.05, 3.63) is 55.2 Å². The number of benzene rings is 1. The highest BCUT2D eigenvalue weighted by Gasteiger charge is 2.52. The highest BCUT2D eigenvalue weighted by molar-refractivity contribution is 14.1. The topological polar surface area (TPSA) is 283 Å². The molecule has 6 aliphatic rings. The molecule has 2 bridgehead atoms. The number of ketones is 2. The van der Waals surface area contributed by atoms with Crippen molar-refractivity contribution in [1.29, 1.82) is 0 Å². The van der Waals surface area contributed by atoms with Crippen LogP contribution in [0.5, 0.6) is 11.5 Å². The molecule has 0 spiro atoms. The third kappa shape index (κ3) is 15.9. The first-order valence-corrected chi connectivity index (χ1v) is 33.0. The molecule has 21 nitrogen and oxygen atoms in total. The molecule has 83 heavy (non-hydrogen) atoms. The molecule has 0 aromatic heterocycles. The second-order valence-corrected chi connectivity index (χ2v) is 27.7. The van der Waals surface area contributed by atoms with E-state index in [4.69, 9.17) is 52.2 Å². The number of carbonyl (C=O) groups is 4. The van der Waals surface area contributed by atoms with Gasteiger partial charge in [0.1, 0.15) is 53.9 Å². The Kier molecular flexibility index (Phi) is 24.8. The molecule has 2 aliphatic carbocycles. The van der Waals surface area contributed by atoms with Crippen molar-refractivity contribution in [1.82, 2.24) is 5.48 Å². The average molecular weight is 1350 g/mol. The van der Waals surface area contributed by atoms with Crippen LogP contribution in [0.3, 0.4) is 0 Å². The number of fused-ring (bicyclic) bond motifs is 2. The van der Waals surface area contributed by atoms with Crippen LogP contribution < -0.4 is 15.0 Å². The monoisotopic (exact) mass is 1350 g/mol. The van der Waals surface area contributed by atoms with Gasteiger partial charge in [-0.1, -0.05) is 70.0 Å². The number of hydrogen-bond acceptors (Lipinski definition) is 25. The summed E-state index contributed by atoms with van der Waals surface area (Å²) in [6.45, 7) is 12.1. The molecule has 19 atom stereocenters. The molecule has 6 N–H and O–H groups in total. The third-order valence-electron chi connectivity index (χ3n) is 15.4. The first-order valence-electron chi connectivity index (χ1n) is 27.0. The minimum atomic E-state index is -2.01. The third-order valence-corrected chi connectivity index (χ3v) is 21.8. The summed E-state index contributed by atoms with van der Waals surface area (Å²) in [5, 5.41) is 56.8. The Morgan fingerprint density at radius 1 is 0.892 bits per heavy atom. The first kappa shape index (κ1) is 67.7. The van der Waals surface area contributed by atoms with Crippen LogP contribution in [0.15, 0.2) is 34.9 Å². The Morgan fingerprint density at radius 3 is 2.28 bits per heavy atom. The Labute approximate surface area is 513 Å². The maximum atomic E-state index is 14.4. The van der Waals surface area contributed by atoms with Gasteiger partial charge in [-0.05, 0) is 110 Å². The number of allylic oxidation sites excluding steroid dienone is 2. The zero-order valence-electron chi connectivity index (χ0n) is 47.9. The lowest BCUT2D eigenvalue weighted by Crippen LogP contribution is -2.64. The molecule has 458 valence electrons. The van der Waals surface area contributed by atoms with Gasteiger partial charge in [-0.15, -0.1) is 0 Å². The number of esters is 1. The smallest absolute Gasteiger partial charge is 0.310 e. The molecule has 0 radical (unpaired) electrons. The summed E-state index contributed by atoms with van der Waals surface area (Å²) in [6, 6.07) is -1.07. The van der Waals surface area contributed by atoms with Crippen molar-refractivity contribution in [3.63, 3.8) is 0 Å². The molecule has 4 aliphatic heterocycles. The van der Waals surface area contributed by atoms with E-state index in [1.54, 1.807) is 40.7 Å². The van der Waals surface area contributed by atoms with Gasteiger partial charge in [-0.2, -0.15) is 5.48 Å². The zero-order chi connectivity index (χ0) is 60.6. The van der Waals surface area contributed by atoms with Gasteiger partial charge < -0.3 is 77.7 Å². The number of thioether (sulfide) groups is 1. The second kappa shape index (κ2) is 30.4. The van der Waals surface area contributed by atoms with Gasteiger partial charge in [0.25, 0.3) is 0 Å². The fourth-order valence-electron chi connectivity index (χ4n) is 10.9. The number of nitrogens with one attached hydrogen (secondary N) is 1. The van der Waals surface area contributed by atoms with Gasteiger partial charge in [0.15, 0.2) is 30.3 Å². The van der Waals surface area contributed by atoms with Crippen molar-refractivity contribution in [2.24, 2.45) is 11.8 Å². The van der Waals surface area contributed by atoms with Crippen LogP contribution in [0.25, 0.3) is 0 Å². The van der Waals surface area contributed by atoms with E-state index in [-0.39, 0.29) is 58.7 Å². The lowest BCUT2D eigenvalue weighted by Gasteiger charge is -2.46. The molecule has 1 aromatic rings. The van der Waals surface area contributed by atoms with E-state index < -0.39 is 133 Å². The molecule has 17 unspecified atom stereocenters. The van der Waals surface area contributed by atoms with Crippen LogP contribution in [-0.4, -0.2) is 191 Å². The van der Waals surface area contributed by atoms with Gasteiger partial charge in [-0.3, -0.25) is 19.2 Å². The molecular weight excluding hydrogens is 1270 g/mol. The number of ether oxygens (including phenoxy) is 10. The summed E-state index contributed by atoms with van der Waals surface area (Å²) in [5.41, 5.74) is 2.38. The minimum absolute atomic E-state index is 0.00279. The van der Waals surface area contributed by atoms with E-state index in [0.29, 0.717) is 39.0 Å². The Bertz CT molecular complexity index is 2750. The normalized spacial score (nSPS) is 36.3. The number of aliphatic hydroxyl groups excluding tert-OH is 4. The predicted molar refractivity (Wildman–Crippen MR) is 319 cm³/mol. The van der Waals surface area contributed by atoms with Crippen LogP contribution in [0, 0.1) is 52.9 Å². The summed E-state index contributed by atoms with van der Waals surface area (Å²) in [4.78, 5) is 59.8. The highest BCUT2D eigenvalue weighted by atomic mass is 127. The van der Waals surface area contributed by atoms with Gasteiger partial charge in [0, 0.05) is 54.4 Å². The van der Waals surface area contributed by atoms with Crippen molar-refractivity contribution in [3.8, 4) is 35.2 Å². The quantitative estimate of drug-likeness (QED) is 0.0236. The van der Waals surface area contributed by atoms with Gasteiger partial charge in [0.05, 0.1) is 78.5 Å². The molecule has 26 heteroatoms. The molecule has 1 aromatic carbocycles. The lowest BCUT2D eigenvalue weighted by atomic mass is 9.72. The van der Waals surface area contributed by atoms with Crippen molar-refractivity contribution in [2.45, 2.75) is 184 Å². The Balaban J connectivity index is 1.11. The molecule has 0 amide bonds. The number of methoxy groups -OCH3 is 3. The first-order chi connectivity index (χ1) is 39.5. The summed E-state index contributed by atoms with van der Waals surface area (Å²) in [6.07, 6.45) is -9.87. The number of hydrogen-bond donors (Lipinski definition) is 6. The minimum Gasteiger partial charge on any atom is -0.496 e. The molecule has 0 saturated carbocycles. The number of hydroxylamine groups is 1. The number of carbonyl (C=O) groups excluding carboxylic acids is 4. The zero-order valence-corrected chi connectivity index (χ0v) is 53.4. The summed E-state index contributed by atoms with van der Waals surface area (Å²) >= 11 is 2.92. The highest BCUT2D eigenvalue weighted by Crippen LogP contribution is 2.46. The molecule has 4 saturated heterocycles. The predicted octanol–water partition coefficient (Wildman–Crippen LogP) is 4.98. The van der Waals surface area contributed by atoms with E-state index in [2.05, 4.69) is 51.8 Å². The molecule has 4 fully saturated rings. The number of Topliss-reactive ketones (excluding diaryl/α,β-unsaturated/α-hetero) is 2. The van der Waals surface area contributed by atoms with Crippen LogP contribution in [0.2, 0.25) is 0 Å². The lowest BCUT2D eigenvalue weighted by molar-refractivity contribution is -0.335. The second-order valence-electron chi connectivity index (χ2n) is 21.1. The SMILES string of the molecule is COC(=O)CC1=C2/C(=C/CSSSC)[C@](O)(C#C/C=C\C#C[C@@H]2OC2OC(C)C(NOC3CC(O)C(SC(=O)c4c(C)c(I)c(OC5OC(C)C(O)C(OC)C5O)c(C)c4OC)C(C)O3)C(O)C2OC2CC(C)C(CC(C)=O)CO2)CC1=O. The number of halogens is 1. The van der Waals surface area contributed by atoms with Crippen molar-refractivity contribution >= 4 is 88.4 Å². The maximum absolute atomic E-state index is 14.4. The van der Waals surface area contributed by atoms with Crippen molar-refractivity contribution in [2.75, 3.05) is 39.9 Å². The van der Waals surface area contributed by atoms with Gasteiger partial charge in [0.2, 0.25) is 11.4 Å². The van der Waals surface area contributed by atoms with Crippen LogP contribution >= 0.6 is 65.8 Å². The van der Waals surface area contributed by atoms with Crippen LogP contribution in [-0.2, 0) is 57.1 Å². The van der Waals surface area contributed by atoms with E-state index in [1.807, 2.05) is 13.2 Å². The number of aliphatic hydroxyl groups is 5. The largest absolute Gasteiger partial charge is 0.496 e. The summed E-state index contributed by atoms with van der Waals surface area (Å²) in [7, 11) is 8.49. The van der Waals surface area contributed by atoms with E-state index >= 15 is 0 Å². The fourth-order valence-corrected chi connectivity index (χ4v) is 15.2. The Hall–Kier alpha value is -2.79. The molecule has 7 rings (SSSR count). The molecular formula is C57H74INO20S4. The standard InChI is InChI=1S/C57H74INO20S4/c1-26-20-40(72-25-33(26)21-27(2)60)77-52-47(65)45(30(5)74-56(52)76-38-16-14-12-13-15-18-57(68)24-37(62)34(22-39(63)69-8)43(38)35(57)17-19-81-83-80-11)59-79-41-23-36(61)53(32(7)73-41)82-54(67)42-28(3)44(58)50(29(4)49(42)70-9)78-55-48(66)51(71-10)46(64)31(6)75-55/h12-13,17,26,30-33,36,38,40-41,45-48,51-53,55-56,59,61,64-66,68H,19-25H2,1-11H3/b13-12-,35-17-/t26?,30?,31?,32?,33?,36?,38-,40?,41?,45?,46?,47?,48?,51?,52?,53?,55?,56?,57-/m0/s1. The van der Waals surface area contributed by atoms with Crippen LogP contribution in [0.4, 0.5) is 0 Å². The average Bonchev–Trinajstić information content (AvgIpc) is 2.18. The number of rotatable bonds is 21. The summed E-state index contributed by atoms with van der Waals surface area (Å²) < 4.78 is 61.2. The van der Waals surface area contributed by atoms with Gasteiger partial charge in [-0.25, -0.2) is 0 Å². The Morgan fingerprint density at radius 2 is 1.61 bits per heavy atom. The fraction of sp³-hybridized carbons (Fsp3) is 0.649. The van der Waals surface area contributed by atoms with Crippen LogP contribution in [0.1, 0.15) is 88.2 Å². The van der Waals surface area contributed by atoms with Crippen molar-refractivity contribution < 1.29 is 96.9 Å². The van der Waals surface area contributed by atoms with E-state index in [9.17, 15) is 44.7 Å².